The van der Waals surface area contributed by atoms with Crippen LogP contribution >= 0.6 is 0 Å². The second-order valence-electron chi connectivity index (χ2n) is 8.05. The van der Waals surface area contributed by atoms with Gasteiger partial charge in [-0.1, -0.05) is 31.2 Å². The molecule has 6 nitrogen and oxygen atoms in total. The Bertz CT molecular complexity index is 1160. The summed E-state index contributed by atoms with van der Waals surface area (Å²) in [6.45, 7) is 7.55. The summed E-state index contributed by atoms with van der Waals surface area (Å²) >= 11 is 0. The molecule has 0 amide bonds. The first-order valence-corrected chi connectivity index (χ1v) is 12.4. The molecule has 32 heavy (non-hydrogen) atoms. The van der Waals surface area contributed by atoms with Crippen LogP contribution in [-0.2, 0) is 16.4 Å². The molecule has 0 radical (unpaired) electrons. The van der Waals surface area contributed by atoms with E-state index in [1.165, 1.54) is 9.99 Å². The fourth-order valence-corrected chi connectivity index (χ4v) is 5.91. The first kappa shape index (κ1) is 22.1. The Kier molecular flexibility index (Phi) is 6.37. The van der Waals surface area contributed by atoms with Gasteiger partial charge in [-0.3, -0.25) is 9.29 Å². The molecular weight excluding hydrogens is 420 g/mol. The van der Waals surface area contributed by atoms with Gasteiger partial charge >= 0.3 is 0 Å². The van der Waals surface area contributed by atoms with Crippen molar-refractivity contribution >= 4 is 27.1 Å². The smallest absolute Gasteiger partial charge is 0.264 e. The van der Waals surface area contributed by atoms with E-state index in [1.54, 1.807) is 13.1 Å². The molecule has 1 saturated heterocycles. The molecule has 1 aliphatic rings. The van der Waals surface area contributed by atoms with Crippen molar-refractivity contribution in [1.82, 2.24) is 4.98 Å². The van der Waals surface area contributed by atoms with Crippen LogP contribution in [0.5, 0.6) is 0 Å². The average molecular weight is 451 g/mol. The number of benzene rings is 2. The molecule has 0 bridgehead atoms. The Hall–Kier alpha value is -3.06. The van der Waals surface area contributed by atoms with Crippen LogP contribution in [0, 0.1) is 6.92 Å². The highest BCUT2D eigenvalue weighted by molar-refractivity contribution is 7.92. The van der Waals surface area contributed by atoms with Gasteiger partial charge < -0.3 is 9.80 Å². The Labute approximate surface area is 191 Å². The maximum atomic E-state index is 13.6. The third-order valence-corrected chi connectivity index (χ3v) is 8.05. The number of hydrogen-bond acceptors (Lipinski definition) is 5. The molecule has 3 aromatic rings. The number of sulfonamides is 1. The largest absolute Gasteiger partial charge is 0.368 e. The Morgan fingerprint density at radius 3 is 2.16 bits per heavy atom. The highest BCUT2D eigenvalue weighted by Gasteiger charge is 2.28. The minimum Gasteiger partial charge on any atom is -0.368 e. The molecule has 2 aromatic carbocycles. The number of pyridine rings is 1. The zero-order chi connectivity index (χ0) is 22.7. The van der Waals surface area contributed by atoms with Gasteiger partial charge in [0.1, 0.15) is 0 Å². The maximum Gasteiger partial charge on any atom is 0.264 e. The first-order chi connectivity index (χ1) is 15.4. The lowest BCUT2D eigenvalue weighted by molar-refractivity contribution is 0.592. The van der Waals surface area contributed by atoms with Gasteiger partial charge in [-0.05, 0) is 54.8 Å². The molecule has 0 atom stereocenters. The fraction of sp³-hybridized carbons (Fsp3) is 0.320. The number of aryl methyl sites for hydroxylation is 1. The molecule has 4 rings (SSSR count). The van der Waals surface area contributed by atoms with Crippen molar-refractivity contribution in [2.75, 3.05) is 47.3 Å². The van der Waals surface area contributed by atoms with Gasteiger partial charge in [0.05, 0.1) is 10.6 Å². The van der Waals surface area contributed by atoms with E-state index in [9.17, 15) is 8.42 Å². The van der Waals surface area contributed by atoms with E-state index in [-0.39, 0.29) is 0 Å². The second-order valence-corrected chi connectivity index (χ2v) is 9.99. The van der Waals surface area contributed by atoms with Crippen LogP contribution in [0.2, 0.25) is 0 Å². The van der Waals surface area contributed by atoms with E-state index in [1.807, 2.05) is 67.8 Å². The van der Waals surface area contributed by atoms with E-state index >= 15 is 0 Å². The summed E-state index contributed by atoms with van der Waals surface area (Å²) in [6, 6.07) is 17.0. The zero-order valence-corrected chi connectivity index (χ0v) is 19.7. The summed E-state index contributed by atoms with van der Waals surface area (Å²) in [7, 11) is -2.06. The van der Waals surface area contributed by atoms with Crippen molar-refractivity contribution in [3.05, 3.63) is 78.1 Å². The van der Waals surface area contributed by atoms with Crippen molar-refractivity contribution < 1.29 is 8.42 Å². The van der Waals surface area contributed by atoms with Gasteiger partial charge in [0.2, 0.25) is 0 Å². The number of nitrogens with zero attached hydrogens (tertiary/aromatic N) is 4. The molecule has 168 valence electrons. The Morgan fingerprint density at radius 2 is 1.53 bits per heavy atom. The van der Waals surface area contributed by atoms with E-state index < -0.39 is 10.0 Å². The third-order valence-electron chi connectivity index (χ3n) is 6.18. The van der Waals surface area contributed by atoms with Crippen molar-refractivity contribution in [3.8, 4) is 0 Å². The summed E-state index contributed by atoms with van der Waals surface area (Å²) in [5.74, 6) is 0. The lowest BCUT2D eigenvalue weighted by Crippen LogP contribution is -2.47. The van der Waals surface area contributed by atoms with E-state index in [2.05, 4.69) is 21.7 Å². The van der Waals surface area contributed by atoms with Crippen molar-refractivity contribution in [1.29, 1.82) is 0 Å². The first-order valence-electron chi connectivity index (χ1n) is 11.0. The van der Waals surface area contributed by atoms with Crippen molar-refractivity contribution in [2.45, 2.75) is 25.2 Å². The quantitative estimate of drug-likeness (QED) is 0.566. The molecule has 7 heteroatoms. The van der Waals surface area contributed by atoms with E-state index in [4.69, 9.17) is 0 Å². The number of para-hydroxylation sites is 1. The lowest BCUT2D eigenvalue weighted by Gasteiger charge is -2.39. The lowest BCUT2D eigenvalue weighted by atomic mass is 10.0. The minimum absolute atomic E-state index is 0.392. The molecule has 0 spiro atoms. The van der Waals surface area contributed by atoms with Crippen LogP contribution in [0.15, 0.2) is 71.9 Å². The van der Waals surface area contributed by atoms with Gasteiger partial charge in [-0.2, -0.15) is 0 Å². The summed E-state index contributed by atoms with van der Waals surface area (Å²) in [5, 5.41) is 0. The number of aromatic nitrogens is 1. The SMILES string of the molecule is CCc1c(S(=O)(=O)N(C)c2ccccc2)ccc(C)c1N1CCN(c2ccncc2)CC1. The highest BCUT2D eigenvalue weighted by Crippen LogP contribution is 2.34. The normalized spacial score (nSPS) is 14.5. The fourth-order valence-electron chi connectivity index (χ4n) is 4.43. The van der Waals surface area contributed by atoms with Gasteiger partial charge in [0.15, 0.2) is 0 Å². The van der Waals surface area contributed by atoms with E-state index in [0.29, 0.717) is 17.0 Å². The zero-order valence-electron chi connectivity index (χ0n) is 18.9. The molecule has 0 N–H and O–H groups in total. The molecule has 0 unspecified atom stereocenters. The summed E-state index contributed by atoms with van der Waals surface area (Å²) in [6.07, 6.45) is 4.29. The van der Waals surface area contributed by atoms with Crippen LogP contribution in [0.4, 0.5) is 17.1 Å². The van der Waals surface area contributed by atoms with Crippen molar-refractivity contribution in [2.24, 2.45) is 0 Å². The van der Waals surface area contributed by atoms with Gasteiger partial charge in [-0.15, -0.1) is 0 Å². The van der Waals surface area contributed by atoms with Crippen LogP contribution in [0.1, 0.15) is 18.1 Å². The third kappa shape index (κ3) is 4.17. The predicted octanol–water partition coefficient (Wildman–Crippen LogP) is 4.10. The molecule has 0 saturated carbocycles. The topological polar surface area (TPSA) is 56.8 Å². The summed E-state index contributed by atoms with van der Waals surface area (Å²) in [5.41, 5.74) is 4.89. The maximum absolute atomic E-state index is 13.6. The van der Waals surface area contributed by atoms with Crippen LogP contribution in [0.25, 0.3) is 0 Å². The molecule has 0 aliphatic carbocycles. The predicted molar refractivity (Wildman–Crippen MR) is 131 cm³/mol. The standard InChI is InChI=1S/C25H30N4O2S/c1-4-23-24(32(30,31)27(3)21-8-6-5-7-9-21)11-10-20(2)25(23)29-18-16-28(17-19-29)22-12-14-26-15-13-22/h5-15H,4,16-19H2,1-3H3. The highest BCUT2D eigenvalue weighted by atomic mass is 32.2. The van der Waals surface area contributed by atoms with Gasteiger partial charge in [-0.25, -0.2) is 8.42 Å². The molecule has 1 aliphatic heterocycles. The number of anilines is 3. The molecular formula is C25H30N4O2S. The number of hydrogen-bond donors (Lipinski definition) is 0. The Morgan fingerprint density at radius 1 is 0.906 bits per heavy atom. The number of piperazine rings is 1. The summed E-state index contributed by atoms with van der Waals surface area (Å²) in [4.78, 5) is 9.19. The van der Waals surface area contributed by atoms with Crippen molar-refractivity contribution in [3.63, 3.8) is 0 Å². The number of rotatable bonds is 6. The average Bonchev–Trinajstić information content (AvgIpc) is 2.84. The molecule has 1 fully saturated rings. The summed E-state index contributed by atoms with van der Waals surface area (Å²) < 4.78 is 28.6. The van der Waals surface area contributed by atoms with E-state index in [0.717, 1.165) is 43.0 Å². The van der Waals surface area contributed by atoms with Gasteiger partial charge in [0.25, 0.3) is 10.0 Å². The molecule has 2 heterocycles. The van der Waals surface area contributed by atoms with Crippen LogP contribution in [0.3, 0.4) is 0 Å². The minimum atomic E-state index is -3.68. The molecule has 1 aromatic heterocycles. The van der Waals surface area contributed by atoms with Gasteiger partial charge in [0, 0.05) is 57.0 Å². The van der Waals surface area contributed by atoms with Crippen LogP contribution in [-0.4, -0.2) is 46.6 Å². The second kappa shape index (κ2) is 9.20. The Balaban J connectivity index is 1.65. The monoisotopic (exact) mass is 450 g/mol. The van der Waals surface area contributed by atoms with Crippen LogP contribution < -0.4 is 14.1 Å².